The Morgan fingerprint density at radius 1 is 1.31 bits per heavy atom. The van der Waals surface area contributed by atoms with E-state index in [1.807, 2.05) is 0 Å². The smallest absolute Gasteiger partial charge is 0.288 e. The molecular weight excluding hydrogens is 218 g/mol. The van der Waals surface area contributed by atoms with Crippen LogP contribution in [0.3, 0.4) is 0 Å². The number of aryl methyl sites for hydroxylation is 1. The van der Waals surface area contributed by atoms with Gasteiger partial charge >= 0.3 is 0 Å². The number of nitrogens with zero attached hydrogens (tertiary/aromatic N) is 3. The molecular formula is C8H7N3O5. The average Bonchev–Trinajstić information content (AvgIpc) is 2.17. The highest BCUT2D eigenvalue weighted by atomic mass is 16.6. The Hall–Kier alpha value is -2.51. The first-order valence-corrected chi connectivity index (χ1v) is 4.09. The van der Waals surface area contributed by atoms with Gasteiger partial charge in [0.2, 0.25) is 0 Å². The van der Waals surface area contributed by atoms with Crippen LogP contribution in [0.4, 0.5) is 11.4 Å². The van der Waals surface area contributed by atoms with Gasteiger partial charge in [0.05, 0.1) is 16.1 Å². The summed E-state index contributed by atoms with van der Waals surface area (Å²) in [6, 6.07) is 2.39. The molecule has 0 aliphatic heterocycles. The number of nitro benzene ring substituents is 2. The number of hydrogen-bond acceptors (Lipinski definition) is 6. The van der Waals surface area contributed by atoms with Gasteiger partial charge in [-0.15, -0.1) is 0 Å². The third kappa shape index (κ3) is 1.95. The lowest BCUT2D eigenvalue weighted by Gasteiger charge is -2.01. The normalized spacial score (nSPS) is 10.6. The summed E-state index contributed by atoms with van der Waals surface area (Å²) in [6.07, 6.45) is 0.684. The van der Waals surface area contributed by atoms with E-state index in [1.54, 1.807) is 0 Å². The maximum Gasteiger partial charge on any atom is 0.288 e. The maximum absolute atomic E-state index is 10.7. The number of rotatable bonds is 3. The van der Waals surface area contributed by atoms with Crippen LogP contribution >= 0.6 is 0 Å². The highest BCUT2D eigenvalue weighted by Gasteiger charge is 2.25. The first-order chi connectivity index (χ1) is 7.49. The average molecular weight is 225 g/mol. The Balaban J connectivity index is 3.62. The third-order valence-electron chi connectivity index (χ3n) is 1.96. The summed E-state index contributed by atoms with van der Waals surface area (Å²) < 4.78 is 0. The molecule has 1 rings (SSSR count). The summed E-state index contributed by atoms with van der Waals surface area (Å²) in [5, 5.41) is 32.3. The van der Waals surface area contributed by atoms with Crippen molar-refractivity contribution in [1.29, 1.82) is 0 Å². The molecule has 1 N–H and O–H groups in total. The molecule has 0 radical (unpaired) electrons. The van der Waals surface area contributed by atoms with Crippen molar-refractivity contribution in [3.8, 4) is 0 Å². The van der Waals surface area contributed by atoms with Gasteiger partial charge in [-0.2, -0.15) is 0 Å². The quantitative estimate of drug-likeness (QED) is 0.362. The lowest BCUT2D eigenvalue weighted by molar-refractivity contribution is -0.394. The monoisotopic (exact) mass is 225 g/mol. The minimum atomic E-state index is -0.774. The van der Waals surface area contributed by atoms with Gasteiger partial charge in [-0.1, -0.05) is 5.16 Å². The predicted octanol–water partition coefficient (Wildman–Crippen LogP) is 1.62. The van der Waals surface area contributed by atoms with E-state index in [0.29, 0.717) is 6.21 Å². The summed E-state index contributed by atoms with van der Waals surface area (Å²) >= 11 is 0. The van der Waals surface area contributed by atoms with E-state index in [4.69, 9.17) is 5.21 Å². The Morgan fingerprint density at radius 3 is 2.38 bits per heavy atom. The van der Waals surface area contributed by atoms with Gasteiger partial charge in [-0.3, -0.25) is 20.2 Å². The van der Waals surface area contributed by atoms with E-state index in [1.165, 1.54) is 13.0 Å². The highest BCUT2D eigenvalue weighted by Crippen LogP contribution is 2.29. The van der Waals surface area contributed by atoms with Crippen molar-refractivity contribution in [1.82, 2.24) is 0 Å². The van der Waals surface area contributed by atoms with E-state index in [9.17, 15) is 20.2 Å². The van der Waals surface area contributed by atoms with E-state index in [0.717, 1.165) is 6.07 Å². The second kappa shape index (κ2) is 4.34. The van der Waals surface area contributed by atoms with Crippen LogP contribution in [0.2, 0.25) is 0 Å². The summed E-state index contributed by atoms with van der Waals surface area (Å²) in [5.74, 6) is 0. The zero-order valence-electron chi connectivity index (χ0n) is 8.15. The SMILES string of the molecule is Cc1ccc([N+](=O)[O-])c(/C=N/O)c1[N+](=O)[O-]. The molecule has 0 atom stereocenters. The zero-order chi connectivity index (χ0) is 12.3. The lowest BCUT2D eigenvalue weighted by Crippen LogP contribution is -2.02. The van der Waals surface area contributed by atoms with Crippen molar-refractivity contribution in [2.75, 3.05) is 0 Å². The summed E-state index contributed by atoms with van der Waals surface area (Å²) in [6.45, 7) is 1.44. The maximum atomic E-state index is 10.7. The first kappa shape index (κ1) is 11.6. The fourth-order valence-electron chi connectivity index (χ4n) is 1.29. The van der Waals surface area contributed by atoms with E-state index in [-0.39, 0.29) is 11.1 Å². The molecule has 0 aromatic heterocycles. The Bertz CT molecular complexity index is 483. The van der Waals surface area contributed by atoms with E-state index < -0.39 is 21.2 Å². The molecule has 8 nitrogen and oxygen atoms in total. The fraction of sp³-hybridized carbons (Fsp3) is 0.125. The largest absolute Gasteiger partial charge is 0.411 e. The zero-order valence-corrected chi connectivity index (χ0v) is 8.15. The van der Waals surface area contributed by atoms with Gasteiger partial charge in [0, 0.05) is 11.6 Å². The van der Waals surface area contributed by atoms with Crippen molar-refractivity contribution in [2.45, 2.75) is 6.92 Å². The van der Waals surface area contributed by atoms with Gasteiger partial charge in [0.1, 0.15) is 0 Å². The highest BCUT2D eigenvalue weighted by molar-refractivity contribution is 5.91. The Morgan fingerprint density at radius 2 is 1.94 bits per heavy atom. The van der Waals surface area contributed by atoms with Crippen LogP contribution in [0.5, 0.6) is 0 Å². The standard InChI is InChI=1S/C8H7N3O5/c1-5-2-3-7(10(13)14)6(4-9-12)8(5)11(15)16/h2-4,12H,1H3/b9-4+. The van der Waals surface area contributed by atoms with Gasteiger partial charge in [-0.25, -0.2) is 0 Å². The van der Waals surface area contributed by atoms with Crippen LogP contribution in [-0.2, 0) is 0 Å². The predicted molar refractivity (Wildman–Crippen MR) is 53.9 cm³/mol. The molecule has 0 heterocycles. The molecule has 84 valence electrons. The number of hydrogen-bond donors (Lipinski definition) is 1. The summed E-state index contributed by atoms with van der Waals surface area (Å²) in [4.78, 5) is 19.8. The van der Waals surface area contributed by atoms with Crippen LogP contribution in [0, 0.1) is 27.2 Å². The van der Waals surface area contributed by atoms with Crippen molar-refractivity contribution < 1.29 is 15.1 Å². The van der Waals surface area contributed by atoms with Crippen LogP contribution in [0.25, 0.3) is 0 Å². The number of benzene rings is 1. The van der Waals surface area contributed by atoms with E-state index >= 15 is 0 Å². The molecule has 0 saturated heterocycles. The Labute approximate surface area is 89.1 Å². The molecule has 1 aromatic carbocycles. The third-order valence-corrected chi connectivity index (χ3v) is 1.96. The topological polar surface area (TPSA) is 119 Å². The van der Waals surface area contributed by atoms with Crippen LogP contribution in [0.1, 0.15) is 11.1 Å². The number of nitro groups is 2. The second-order valence-electron chi connectivity index (χ2n) is 2.92. The van der Waals surface area contributed by atoms with Crippen molar-refractivity contribution in [2.24, 2.45) is 5.16 Å². The molecule has 0 spiro atoms. The lowest BCUT2D eigenvalue weighted by atomic mass is 10.1. The summed E-state index contributed by atoms with van der Waals surface area (Å²) in [5.41, 5.74) is -0.981. The van der Waals surface area contributed by atoms with Crippen molar-refractivity contribution in [3.63, 3.8) is 0 Å². The fourth-order valence-corrected chi connectivity index (χ4v) is 1.29. The first-order valence-electron chi connectivity index (χ1n) is 4.09. The molecule has 0 fully saturated rings. The molecule has 0 aliphatic rings. The Kier molecular flexibility index (Phi) is 3.14. The van der Waals surface area contributed by atoms with Crippen LogP contribution in [0.15, 0.2) is 17.3 Å². The second-order valence-corrected chi connectivity index (χ2v) is 2.92. The van der Waals surface area contributed by atoms with Gasteiger partial charge in [-0.05, 0) is 13.0 Å². The molecule has 16 heavy (non-hydrogen) atoms. The molecule has 0 amide bonds. The van der Waals surface area contributed by atoms with Gasteiger partial charge < -0.3 is 5.21 Å². The molecule has 0 saturated carbocycles. The van der Waals surface area contributed by atoms with Gasteiger partial charge in [0.25, 0.3) is 11.4 Å². The molecule has 0 bridgehead atoms. The molecule has 0 aliphatic carbocycles. The molecule has 1 aromatic rings. The molecule has 0 unspecified atom stereocenters. The van der Waals surface area contributed by atoms with Gasteiger partial charge in [0.15, 0.2) is 5.56 Å². The minimum Gasteiger partial charge on any atom is -0.411 e. The van der Waals surface area contributed by atoms with Crippen LogP contribution < -0.4 is 0 Å². The van der Waals surface area contributed by atoms with E-state index in [2.05, 4.69) is 5.16 Å². The van der Waals surface area contributed by atoms with Crippen molar-refractivity contribution in [3.05, 3.63) is 43.5 Å². The number of oxime groups is 1. The van der Waals surface area contributed by atoms with Crippen LogP contribution in [-0.4, -0.2) is 21.3 Å². The summed E-state index contributed by atoms with van der Waals surface area (Å²) in [7, 11) is 0. The minimum absolute atomic E-state index is 0.255. The molecule has 8 heteroatoms. The van der Waals surface area contributed by atoms with Crippen molar-refractivity contribution >= 4 is 17.6 Å².